The summed E-state index contributed by atoms with van der Waals surface area (Å²) in [5, 5.41) is 8.87. The Labute approximate surface area is 118 Å². The number of nitrogens with zero attached hydrogens (tertiary/aromatic N) is 2. The first-order chi connectivity index (χ1) is 9.29. The van der Waals surface area contributed by atoms with Crippen LogP contribution in [0.1, 0.15) is 18.4 Å². The largest absolute Gasteiger partial charge is 0.481 e. The minimum atomic E-state index is -4.50. The zero-order valence-electron chi connectivity index (χ0n) is 10.3. The molecule has 1 fully saturated rings. The fourth-order valence-electron chi connectivity index (χ4n) is 2.19. The van der Waals surface area contributed by atoms with Crippen LogP contribution in [0.4, 0.5) is 19.0 Å². The van der Waals surface area contributed by atoms with E-state index in [9.17, 15) is 18.0 Å². The van der Waals surface area contributed by atoms with E-state index in [0.29, 0.717) is 25.6 Å². The van der Waals surface area contributed by atoms with Gasteiger partial charge in [-0.25, -0.2) is 4.98 Å². The number of hydrogen-bond acceptors (Lipinski definition) is 3. The maximum Gasteiger partial charge on any atom is 0.417 e. The lowest BCUT2D eigenvalue weighted by atomic mass is 9.98. The number of carboxylic acid groups (broad SMARTS) is 1. The molecule has 110 valence electrons. The van der Waals surface area contributed by atoms with Gasteiger partial charge in [0.25, 0.3) is 0 Å². The Balaban J connectivity index is 2.23. The number of alkyl halides is 3. The Morgan fingerprint density at radius 3 is 2.75 bits per heavy atom. The highest BCUT2D eigenvalue weighted by molar-refractivity contribution is 6.33. The fraction of sp³-hybridized carbons (Fsp3) is 0.500. The summed E-state index contributed by atoms with van der Waals surface area (Å²) in [6.07, 6.45) is -2.60. The van der Waals surface area contributed by atoms with E-state index in [4.69, 9.17) is 16.7 Å². The summed E-state index contributed by atoms with van der Waals surface area (Å²) in [6, 6.07) is 0.814. The Bertz CT molecular complexity index is 522. The number of carboxylic acids is 1. The number of aliphatic carboxylic acids is 1. The average Bonchev–Trinajstić information content (AvgIpc) is 2.37. The van der Waals surface area contributed by atoms with Gasteiger partial charge in [-0.05, 0) is 18.9 Å². The molecule has 4 nitrogen and oxygen atoms in total. The molecule has 1 aromatic heterocycles. The molecule has 1 atom stereocenters. The van der Waals surface area contributed by atoms with Crippen LogP contribution in [0.15, 0.2) is 12.3 Å². The molecule has 0 bridgehead atoms. The number of hydrogen-bond donors (Lipinski definition) is 1. The molecule has 0 radical (unpaired) electrons. The van der Waals surface area contributed by atoms with Crippen LogP contribution < -0.4 is 4.90 Å². The summed E-state index contributed by atoms with van der Waals surface area (Å²) in [7, 11) is 0. The monoisotopic (exact) mass is 308 g/mol. The van der Waals surface area contributed by atoms with Crippen molar-refractivity contribution in [2.45, 2.75) is 19.0 Å². The number of aromatic nitrogens is 1. The SMILES string of the molecule is O=C(O)[C@H]1CCCN(c2ncc(C(F)(F)F)cc2Cl)C1. The molecule has 1 saturated heterocycles. The molecular formula is C12H12ClF3N2O2. The summed E-state index contributed by atoms with van der Waals surface area (Å²) in [5.74, 6) is -1.27. The van der Waals surface area contributed by atoms with Crippen LogP contribution in [-0.4, -0.2) is 29.1 Å². The van der Waals surface area contributed by atoms with Gasteiger partial charge in [0.15, 0.2) is 0 Å². The maximum atomic E-state index is 12.5. The lowest BCUT2D eigenvalue weighted by Gasteiger charge is -2.32. The molecule has 1 aliphatic rings. The lowest BCUT2D eigenvalue weighted by molar-refractivity contribution is -0.142. The van der Waals surface area contributed by atoms with Gasteiger partial charge < -0.3 is 10.0 Å². The van der Waals surface area contributed by atoms with E-state index >= 15 is 0 Å². The number of halogens is 4. The van der Waals surface area contributed by atoms with E-state index in [2.05, 4.69) is 4.98 Å². The minimum absolute atomic E-state index is 0.120. The molecule has 1 N–H and O–H groups in total. The van der Waals surface area contributed by atoms with Crippen molar-refractivity contribution in [2.24, 2.45) is 5.92 Å². The van der Waals surface area contributed by atoms with Gasteiger partial charge in [-0.15, -0.1) is 0 Å². The predicted molar refractivity (Wildman–Crippen MR) is 66.8 cm³/mol. The van der Waals surface area contributed by atoms with Crippen molar-refractivity contribution < 1.29 is 23.1 Å². The highest BCUT2D eigenvalue weighted by atomic mass is 35.5. The second-order valence-corrected chi connectivity index (χ2v) is 5.06. The topological polar surface area (TPSA) is 53.4 Å². The Kier molecular flexibility index (Phi) is 4.08. The van der Waals surface area contributed by atoms with Crippen LogP contribution in [0.25, 0.3) is 0 Å². The van der Waals surface area contributed by atoms with E-state index in [1.807, 2.05) is 0 Å². The first-order valence-electron chi connectivity index (χ1n) is 5.99. The van der Waals surface area contributed by atoms with E-state index in [1.165, 1.54) is 0 Å². The standard InChI is InChI=1S/C12H12ClF3N2O2/c13-9-4-8(12(14,15)16)5-17-10(9)18-3-1-2-7(6-18)11(19)20/h4-5,7H,1-3,6H2,(H,19,20)/t7-/m0/s1. The summed E-state index contributed by atoms with van der Waals surface area (Å²) >= 11 is 5.84. The molecule has 0 aromatic carbocycles. The van der Waals surface area contributed by atoms with Crippen molar-refractivity contribution in [3.05, 3.63) is 22.8 Å². The maximum absolute atomic E-state index is 12.5. The van der Waals surface area contributed by atoms with Gasteiger partial charge >= 0.3 is 12.1 Å². The molecule has 0 aliphatic carbocycles. The van der Waals surface area contributed by atoms with Crippen LogP contribution in [0.2, 0.25) is 5.02 Å². The molecule has 1 aliphatic heterocycles. The van der Waals surface area contributed by atoms with E-state index < -0.39 is 23.6 Å². The van der Waals surface area contributed by atoms with E-state index in [-0.39, 0.29) is 17.4 Å². The van der Waals surface area contributed by atoms with E-state index in [0.717, 1.165) is 6.07 Å². The van der Waals surface area contributed by atoms with Crippen LogP contribution in [0, 0.1) is 5.92 Å². The zero-order chi connectivity index (χ0) is 14.9. The molecule has 8 heteroatoms. The molecule has 0 amide bonds. The average molecular weight is 309 g/mol. The Hall–Kier alpha value is -1.50. The van der Waals surface area contributed by atoms with Crippen molar-refractivity contribution >= 4 is 23.4 Å². The first kappa shape index (κ1) is 14.9. The molecule has 20 heavy (non-hydrogen) atoms. The minimum Gasteiger partial charge on any atom is -0.481 e. The molecule has 2 heterocycles. The van der Waals surface area contributed by atoms with Gasteiger partial charge in [0.2, 0.25) is 0 Å². The van der Waals surface area contributed by atoms with Crippen molar-refractivity contribution in [3.63, 3.8) is 0 Å². The number of piperidine rings is 1. The second-order valence-electron chi connectivity index (χ2n) is 4.65. The van der Waals surface area contributed by atoms with Gasteiger partial charge in [-0.1, -0.05) is 11.6 Å². The second kappa shape index (κ2) is 5.47. The van der Waals surface area contributed by atoms with Gasteiger partial charge in [0.05, 0.1) is 16.5 Å². The molecule has 0 unspecified atom stereocenters. The third-order valence-corrected chi connectivity index (χ3v) is 3.50. The molecule has 0 spiro atoms. The Morgan fingerprint density at radius 2 is 2.20 bits per heavy atom. The Morgan fingerprint density at radius 1 is 1.50 bits per heavy atom. The van der Waals surface area contributed by atoms with Crippen LogP contribution >= 0.6 is 11.6 Å². The van der Waals surface area contributed by atoms with Gasteiger partial charge in [-0.3, -0.25) is 4.79 Å². The summed E-state index contributed by atoms with van der Waals surface area (Å²) < 4.78 is 37.6. The predicted octanol–water partition coefficient (Wildman–Crippen LogP) is 3.05. The summed E-state index contributed by atoms with van der Waals surface area (Å²) in [5.41, 5.74) is -0.918. The molecule has 1 aromatic rings. The summed E-state index contributed by atoms with van der Waals surface area (Å²) in [6.45, 7) is 0.731. The number of carbonyl (C=O) groups is 1. The molecular weight excluding hydrogens is 297 g/mol. The lowest BCUT2D eigenvalue weighted by Crippen LogP contribution is -2.39. The number of anilines is 1. The quantitative estimate of drug-likeness (QED) is 0.912. The van der Waals surface area contributed by atoms with Crippen LogP contribution in [0.5, 0.6) is 0 Å². The van der Waals surface area contributed by atoms with Gasteiger partial charge in [0.1, 0.15) is 5.82 Å². The zero-order valence-corrected chi connectivity index (χ0v) is 11.1. The number of rotatable bonds is 2. The van der Waals surface area contributed by atoms with Crippen LogP contribution in [0.3, 0.4) is 0 Å². The smallest absolute Gasteiger partial charge is 0.417 e. The van der Waals surface area contributed by atoms with Crippen LogP contribution in [-0.2, 0) is 11.0 Å². The normalized spacial score (nSPS) is 20.0. The summed E-state index contributed by atoms with van der Waals surface area (Å²) in [4.78, 5) is 16.3. The first-order valence-corrected chi connectivity index (χ1v) is 6.37. The fourth-order valence-corrected chi connectivity index (χ4v) is 2.48. The van der Waals surface area contributed by atoms with Gasteiger partial charge in [-0.2, -0.15) is 13.2 Å². The molecule has 0 saturated carbocycles. The van der Waals surface area contributed by atoms with Crippen molar-refractivity contribution in [2.75, 3.05) is 18.0 Å². The third-order valence-electron chi connectivity index (χ3n) is 3.22. The van der Waals surface area contributed by atoms with Crippen molar-refractivity contribution in [1.82, 2.24) is 4.98 Å². The van der Waals surface area contributed by atoms with Gasteiger partial charge in [0, 0.05) is 19.3 Å². The molecule has 2 rings (SSSR count). The third kappa shape index (κ3) is 3.15. The van der Waals surface area contributed by atoms with E-state index in [1.54, 1.807) is 4.90 Å². The highest BCUT2D eigenvalue weighted by Gasteiger charge is 2.33. The number of pyridine rings is 1. The van der Waals surface area contributed by atoms with Crippen molar-refractivity contribution in [1.29, 1.82) is 0 Å². The van der Waals surface area contributed by atoms with Crippen molar-refractivity contribution in [3.8, 4) is 0 Å². The highest BCUT2D eigenvalue weighted by Crippen LogP contribution is 2.34.